The summed E-state index contributed by atoms with van der Waals surface area (Å²) in [5.74, 6) is -0.451. The lowest BCUT2D eigenvalue weighted by atomic mass is 10.1. The minimum absolute atomic E-state index is 0.0646. The van der Waals surface area contributed by atoms with Crippen LogP contribution >= 0.6 is 23.4 Å². The first-order valence-corrected chi connectivity index (χ1v) is 9.67. The number of carbonyl (C=O) groups is 1. The Kier molecular flexibility index (Phi) is 6.44. The Morgan fingerprint density at radius 2 is 1.72 bits per heavy atom. The van der Waals surface area contributed by atoms with Crippen LogP contribution in [0.5, 0.6) is 0 Å². The van der Waals surface area contributed by atoms with E-state index >= 15 is 0 Å². The predicted molar refractivity (Wildman–Crippen MR) is 105 cm³/mol. The average Bonchev–Trinajstić information content (AvgIpc) is 2.69. The van der Waals surface area contributed by atoms with Gasteiger partial charge < -0.3 is 5.32 Å². The monoisotopic (exact) mass is 437 g/mol. The van der Waals surface area contributed by atoms with E-state index in [1.54, 1.807) is 6.92 Å². The summed E-state index contributed by atoms with van der Waals surface area (Å²) < 4.78 is 38.1. The molecule has 1 amide bonds. The number of carbonyl (C=O) groups excluding carboxylic acids is 1. The number of benzene rings is 2. The number of hydrogen-bond donors (Lipinski definition) is 1. The van der Waals surface area contributed by atoms with Gasteiger partial charge in [0.25, 0.3) is 5.91 Å². The summed E-state index contributed by atoms with van der Waals surface area (Å²) in [4.78, 5) is 13.7. The number of rotatable bonds is 5. The molecule has 1 unspecified atom stereocenters. The summed E-state index contributed by atoms with van der Waals surface area (Å²) in [6.45, 7) is 1.68. The summed E-state index contributed by atoms with van der Waals surface area (Å²) in [6, 6.07) is 14.9. The Bertz CT molecular complexity index is 998. The molecule has 0 fully saturated rings. The van der Waals surface area contributed by atoms with Crippen molar-refractivity contribution in [3.8, 4) is 0 Å². The van der Waals surface area contributed by atoms with Crippen LogP contribution in [-0.4, -0.2) is 16.1 Å². The number of nitrogens with one attached hydrogen (secondary N) is 1. The van der Waals surface area contributed by atoms with Crippen molar-refractivity contribution >= 4 is 29.3 Å². The fourth-order valence-electron chi connectivity index (χ4n) is 2.51. The minimum atomic E-state index is -4.41. The minimum Gasteiger partial charge on any atom is -0.345 e. The molecule has 2 aromatic carbocycles. The Morgan fingerprint density at radius 3 is 2.34 bits per heavy atom. The molecule has 1 aromatic heterocycles. The molecule has 1 N–H and O–H groups in total. The van der Waals surface area contributed by atoms with Crippen molar-refractivity contribution in [1.82, 2.24) is 15.5 Å². The van der Waals surface area contributed by atoms with Gasteiger partial charge in [-0.15, -0.1) is 10.2 Å². The molecule has 0 saturated carbocycles. The van der Waals surface area contributed by atoms with Crippen molar-refractivity contribution < 1.29 is 18.0 Å². The molecule has 3 rings (SSSR count). The van der Waals surface area contributed by atoms with Gasteiger partial charge in [0, 0.05) is 4.90 Å². The van der Waals surface area contributed by atoms with Crippen LogP contribution in [0.4, 0.5) is 13.2 Å². The molecule has 0 bridgehead atoms. The molecule has 150 valence electrons. The lowest BCUT2D eigenvalue weighted by molar-refractivity contribution is -0.137. The fraction of sp³-hybridized carbons (Fsp3) is 0.150. The van der Waals surface area contributed by atoms with E-state index in [2.05, 4.69) is 15.5 Å². The van der Waals surface area contributed by atoms with Crippen molar-refractivity contribution in [2.45, 2.75) is 29.1 Å². The quantitative estimate of drug-likeness (QED) is 0.548. The van der Waals surface area contributed by atoms with Crippen molar-refractivity contribution in [2.75, 3.05) is 0 Å². The zero-order valence-corrected chi connectivity index (χ0v) is 16.6. The number of aromatic nitrogens is 2. The van der Waals surface area contributed by atoms with E-state index in [4.69, 9.17) is 11.6 Å². The van der Waals surface area contributed by atoms with Crippen molar-refractivity contribution in [1.29, 1.82) is 0 Å². The van der Waals surface area contributed by atoms with Gasteiger partial charge in [0.2, 0.25) is 0 Å². The molecule has 3 aromatic rings. The smallest absolute Gasteiger partial charge is 0.345 e. The largest absolute Gasteiger partial charge is 0.416 e. The SMILES string of the molecule is CC(NC(=O)c1cc(Cl)nnc1Sc1ccccc1)c1ccc(C(F)(F)F)cc1. The third-order valence-corrected chi connectivity index (χ3v) is 5.21. The summed E-state index contributed by atoms with van der Waals surface area (Å²) >= 11 is 7.17. The summed E-state index contributed by atoms with van der Waals surface area (Å²) in [6.07, 6.45) is -4.41. The van der Waals surface area contributed by atoms with Crippen LogP contribution in [0.1, 0.15) is 34.5 Å². The third-order valence-electron chi connectivity index (χ3n) is 4.02. The lowest BCUT2D eigenvalue weighted by Crippen LogP contribution is -2.27. The molecule has 0 radical (unpaired) electrons. The highest BCUT2D eigenvalue weighted by molar-refractivity contribution is 7.99. The standard InChI is InChI=1S/C20H15ClF3N3OS/c1-12(13-7-9-14(10-8-13)20(22,23)24)25-18(28)16-11-17(21)26-27-19(16)29-15-5-3-2-4-6-15/h2-12H,1H3,(H,25,28). The molecule has 4 nitrogen and oxygen atoms in total. The second-order valence-corrected chi connectivity index (χ2v) is 7.57. The van der Waals surface area contributed by atoms with E-state index in [1.807, 2.05) is 30.3 Å². The van der Waals surface area contributed by atoms with Gasteiger partial charge in [-0.25, -0.2) is 0 Å². The third kappa shape index (κ3) is 5.48. The molecule has 1 heterocycles. The van der Waals surface area contributed by atoms with Crippen LogP contribution in [-0.2, 0) is 6.18 Å². The fourth-order valence-corrected chi connectivity index (χ4v) is 3.52. The van der Waals surface area contributed by atoms with Gasteiger partial charge in [0.1, 0.15) is 5.03 Å². The van der Waals surface area contributed by atoms with E-state index in [1.165, 1.54) is 30.0 Å². The number of hydrogen-bond acceptors (Lipinski definition) is 4. The molecule has 0 saturated heterocycles. The summed E-state index contributed by atoms with van der Waals surface area (Å²) in [5.41, 5.74) is 0.0285. The highest BCUT2D eigenvalue weighted by Gasteiger charge is 2.30. The summed E-state index contributed by atoms with van der Waals surface area (Å²) in [5, 5.41) is 11.0. The molecule has 0 spiro atoms. The molecule has 1 atom stereocenters. The van der Waals surface area contributed by atoms with E-state index in [-0.39, 0.29) is 10.7 Å². The van der Waals surface area contributed by atoms with Crippen LogP contribution in [0.3, 0.4) is 0 Å². The average molecular weight is 438 g/mol. The summed E-state index contributed by atoms with van der Waals surface area (Å²) in [7, 11) is 0. The Balaban J connectivity index is 1.78. The van der Waals surface area contributed by atoms with Gasteiger partial charge in [0.05, 0.1) is 17.2 Å². The Morgan fingerprint density at radius 1 is 1.07 bits per heavy atom. The van der Waals surface area contributed by atoms with Crippen molar-refractivity contribution in [3.05, 3.63) is 82.5 Å². The van der Waals surface area contributed by atoms with E-state index in [0.29, 0.717) is 10.6 Å². The molecule has 0 aliphatic carbocycles. The van der Waals surface area contributed by atoms with Gasteiger partial charge in [-0.1, -0.05) is 53.7 Å². The highest BCUT2D eigenvalue weighted by atomic mass is 35.5. The lowest BCUT2D eigenvalue weighted by Gasteiger charge is -2.16. The normalized spacial score (nSPS) is 12.4. The van der Waals surface area contributed by atoms with Gasteiger partial charge in [-0.2, -0.15) is 13.2 Å². The van der Waals surface area contributed by atoms with Crippen molar-refractivity contribution in [2.24, 2.45) is 0 Å². The maximum atomic E-state index is 12.8. The first kappa shape index (κ1) is 21.1. The maximum absolute atomic E-state index is 12.8. The van der Waals surface area contributed by atoms with Crippen LogP contribution in [0.15, 0.2) is 70.6 Å². The first-order chi connectivity index (χ1) is 13.7. The molecule has 29 heavy (non-hydrogen) atoms. The predicted octanol–water partition coefficient (Wildman–Crippen LogP) is 5.79. The highest BCUT2D eigenvalue weighted by Crippen LogP contribution is 2.31. The molecular weight excluding hydrogens is 423 g/mol. The van der Waals surface area contributed by atoms with Crippen LogP contribution in [0, 0.1) is 0 Å². The van der Waals surface area contributed by atoms with E-state index in [0.717, 1.165) is 17.0 Å². The molecular formula is C20H15ClF3N3OS. The molecule has 0 aliphatic heterocycles. The molecule has 9 heteroatoms. The van der Waals surface area contributed by atoms with Crippen LogP contribution in [0.2, 0.25) is 5.15 Å². The zero-order chi connectivity index (χ0) is 21.0. The van der Waals surface area contributed by atoms with Gasteiger partial charge in [0.15, 0.2) is 5.15 Å². The number of nitrogens with zero attached hydrogens (tertiary/aromatic N) is 2. The zero-order valence-electron chi connectivity index (χ0n) is 15.1. The Labute approximate surface area is 174 Å². The Hall–Kier alpha value is -2.58. The first-order valence-electron chi connectivity index (χ1n) is 8.48. The van der Waals surface area contributed by atoms with Crippen LogP contribution in [0.25, 0.3) is 0 Å². The van der Waals surface area contributed by atoms with E-state index < -0.39 is 23.7 Å². The van der Waals surface area contributed by atoms with Gasteiger partial charge >= 0.3 is 6.18 Å². The number of alkyl halides is 3. The second kappa shape index (κ2) is 8.84. The second-order valence-electron chi connectivity index (χ2n) is 6.12. The van der Waals surface area contributed by atoms with E-state index in [9.17, 15) is 18.0 Å². The van der Waals surface area contributed by atoms with Crippen LogP contribution < -0.4 is 5.32 Å². The topological polar surface area (TPSA) is 54.9 Å². The number of amides is 1. The molecule has 0 aliphatic rings. The van der Waals surface area contributed by atoms with Gasteiger partial charge in [-0.05, 0) is 42.8 Å². The van der Waals surface area contributed by atoms with Crippen molar-refractivity contribution in [3.63, 3.8) is 0 Å². The maximum Gasteiger partial charge on any atom is 0.416 e. The number of halogens is 4. The van der Waals surface area contributed by atoms with Gasteiger partial charge in [-0.3, -0.25) is 4.79 Å².